The van der Waals surface area contributed by atoms with Crippen LogP contribution in [0.4, 0.5) is 0 Å². The molecule has 7 nitrogen and oxygen atoms in total. The van der Waals surface area contributed by atoms with Crippen molar-refractivity contribution in [1.29, 1.82) is 0 Å². The number of aromatic nitrogens is 1. The molecule has 0 spiro atoms. The van der Waals surface area contributed by atoms with Crippen molar-refractivity contribution in [1.82, 2.24) is 15.4 Å². The molecular formula is C18H29ClN4O3. The van der Waals surface area contributed by atoms with Crippen molar-refractivity contribution >= 4 is 24.2 Å². The predicted octanol–water partition coefficient (Wildman–Crippen LogP) is 1.93. The Bertz CT molecular complexity index is 622. The quantitative estimate of drug-likeness (QED) is 0.780. The fourth-order valence-corrected chi connectivity index (χ4v) is 3.14. The lowest BCUT2D eigenvalue weighted by atomic mass is 9.95. The molecule has 3 N–H and O–H groups in total. The van der Waals surface area contributed by atoms with Crippen LogP contribution in [0.1, 0.15) is 61.7 Å². The van der Waals surface area contributed by atoms with Gasteiger partial charge in [0.1, 0.15) is 5.76 Å². The normalized spacial score (nSPS) is 19.2. The summed E-state index contributed by atoms with van der Waals surface area (Å²) in [7, 11) is 0. The summed E-state index contributed by atoms with van der Waals surface area (Å²) in [6, 6.07) is 1.32. The van der Waals surface area contributed by atoms with Gasteiger partial charge in [-0.05, 0) is 37.5 Å². The number of piperidine rings is 1. The number of hydrogen-bond acceptors (Lipinski definition) is 5. The Hall–Kier alpha value is -1.60. The molecule has 1 aliphatic carbocycles. The number of halogens is 1. The molecule has 1 aromatic rings. The summed E-state index contributed by atoms with van der Waals surface area (Å²) in [5.41, 5.74) is 6.31. The number of carbonyl (C=O) groups excluding carboxylic acids is 2. The van der Waals surface area contributed by atoms with Crippen LogP contribution >= 0.6 is 12.4 Å². The molecule has 0 bridgehead atoms. The summed E-state index contributed by atoms with van der Waals surface area (Å²) < 4.78 is 5.22. The Balaban J connectivity index is 0.00000243. The van der Waals surface area contributed by atoms with Crippen LogP contribution in [0, 0.1) is 11.8 Å². The zero-order valence-electron chi connectivity index (χ0n) is 15.4. The van der Waals surface area contributed by atoms with Gasteiger partial charge in [0, 0.05) is 31.6 Å². The zero-order valence-corrected chi connectivity index (χ0v) is 16.3. The van der Waals surface area contributed by atoms with Crippen LogP contribution in [0.2, 0.25) is 0 Å². The minimum absolute atomic E-state index is 0. The molecule has 2 amide bonds. The number of nitrogens with two attached hydrogens (primary N) is 1. The van der Waals surface area contributed by atoms with Crippen LogP contribution in [-0.2, 0) is 4.79 Å². The van der Waals surface area contributed by atoms with E-state index in [1.165, 1.54) is 0 Å². The van der Waals surface area contributed by atoms with E-state index >= 15 is 0 Å². The fraction of sp³-hybridized carbons (Fsp3) is 0.722. The maximum absolute atomic E-state index is 12.3. The average molecular weight is 385 g/mol. The SMILES string of the molecule is CC(C)C(N)C(=O)N1CCC(CNC(=O)c2cc(C3CC3)on2)CC1.Cl. The van der Waals surface area contributed by atoms with E-state index in [4.69, 9.17) is 10.3 Å². The maximum atomic E-state index is 12.3. The Morgan fingerprint density at radius 2 is 1.96 bits per heavy atom. The third kappa shape index (κ3) is 4.98. The molecule has 0 radical (unpaired) electrons. The smallest absolute Gasteiger partial charge is 0.273 e. The van der Waals surface area contributed by atoms with Crippen LogP contribution < -0.4 is 11.1 Å². The van der Waals surface area contributed by atoms with Crippen molar-refractivity contribution in [3.63, 3.8) is 0 Å². The Labute approximate surface area is 160 Å². The lowest BCUT2D eigenvalue weighted by molar-refractivity contribution is -0.134. The molecule has 1 aliphatic heterocycles. The monoisotopic (exact) mass is 384 g/mol. The lowest BCUT2D eigenvalue weighted by Gasteiger charge is -2.34. The minimum Gasteiger partial charge on any atom is -0.360 e. The molecule has 1 aromatic heterocycles. The highest BCUT2D eigenvalue weighted by atomic mass is 35.5. The zero-order chi connectivity index (χ0) is 18.0. The minimum atomic E-state index is -0.427. The van der Waals surface area contributed by atoms with Crippen molar-refractivity contribution in [2.24, 2.45) is 17.6 Å². The molecule has 2 heterocycles. The number of hydrogen-bond donors (Lipinski definition) is 2. The van der Waals surface area contributed by atoms with Gasteiger partial charge in [0.2, 0.25) is 5.91 Å². The summed E-state index contributed by atoms with van der Waals surface area (Å²) in [5, 5.41) is 6.80. The molecular weight excluding hydrogens is 356 g/mol. The van der Waals surface area contributed by atoms with Crippen molar-refractivity contribution < 1.29 is 14.1 Å². The molecule has 2 fully saturated rings. The Kier molecular flexibility index (Phi) is 7.06. The summed E-state index contributed by atoms with van der Waals surface area (Å²) in [4.78, 5) is 26.3. The van der Waals surface area contributed by atoms with E-state index in [9.17, 15) is 9.59 Å². The first kappa shape index (κ1) is 20.7. The number of nitrogens with one attached hydrogen (secondary N) is 1. The third-order valence-electron chi connectivity index (χ3n) is 5.22. The first-order valence-corrected chi connectivity index (χ1v) is 9.25. The van der Waals surface area contributed by atoms with Crippen LogP contribution in [0.25, 0.3) is 0 Å². The van der Waals surface area contributed by atoms with Crippen molar-refractivity contribution in [2.45, 2.75) is 51.5 Å². The van der Waals surface area contributed by atoms with E-state index in [0.717, 1.165) is 31.4 Å². The van der Waals surface area contributed by atoms with Gasteiger partial charge in [0.15, 0.2) is 5.69 Å². The standard InChI is InChI=1S/C18H28N4O3.ClH/c1-11(2)16(19)18(24)22-7-5-12(6-8-22)10-20-17(23)14-9-15(25-21-14)13-3-4-13;/h9,11-13,16H,3-8,10,19H2,1-2H3,(H,20,23);1H. The molecule has 1 atom stereocenters. The molecule has 2 aliphatic rings. The van der Waals surface area contributed by atoms with E-state index < -0.39 is 6.04 Å². The van der Waals surface area contributed by atoms with Gasteiger partial charge in [-0.1, -0.05) is 19.0 Å². The highest BCUT2D eigenvalue weighted by Crippen LogP contribution is 2.40. The van der Waals surface area contributed by atoms with Gasteiger partial charge in [-0.2, -0.15) is 0 Å². The van der Waals surface area contributed by atoms with Crippen molar-refractivity contribution in [3.05, 3.63) is 17.5 Å². The van der Waals surface area contributed by atoms with E-state index in [-0.39, 0.29) is 30.1 Å². The second-order valence-corrected chi connectivity index (χ2v) is 7.64. The molecule has 1 saturated carbocycles. The molecule has 26 heavy (non-hydrogen) atoms. The molecule has 146 valence electrons. The number of rotatable bonds is 6. The van der Waals surface area contributed by atoms with Gasteiger partial charge in [-0.25, -0.2) is 0 Å². The highest BCUT2D eigenvalue weighted by molar-refractivity contribution is 5.92. The van der Waals surface area contributed by atoms with Crippen molar-refractivity contribution in [2.75, 3.05) is 19.6 Å². The van der Waals surface area contributed by atoms with Crippen LogP contribution in [0.15, 0.2) is 10.6 Å². The molecule has 0 aromatic carbocycles. The summed E-state index contributed by atoms with van der Waals surface area (Å²) in [6.45, 7) is 5.93. The van der Waals surface area contributed by atoms with Gasteiger partial charge in [-0.15, -0.1) is 12.4 Å². The van der Waals surface area contributed by atoms with Gasteiger partial charge in [0.05, 0.1) is 6.04 Å². The highest BCUT2D eigenvalue weighted by Gasteiger charge is 2.30. The van der Waals surface area contributed by atoms with Gasteiger partial charge < -0.3 is 20.5 Å². The van der Waals surface area contributed by atoms with E-state index in [1.54, 1.807) is 6.07 Å². The van der Waals surface area contributed by atoms with E-state index in [1.807, 2.05) is 18.7 Å². The summed E-state index contributed by atoms with van der Waals surface area (Å²) >= 11 is 0. The molecule has 1 unspecified atom stereocenters. The van der Waals surface area contributed by atoms with Crippen LogP contribution in [0.3, 0.4) is 0 Å². The van der Waals surface area contributed by atoms with E-state index in [2.05, 4.69) is 10.5 Å². The lowest BCUT2D eigenvalue weighted by Crippen LogP contribution is -2.50. The summed E-state index contributed by atoms with van der Waals surface area (Å²) in [6.07, 6.45) is 3.99. The van der Waals surface area contributed by atoms with Crippen LogP contribution in [0.5, 0.6) is 0 Å². The summed E-state index contributed by atoms with van der Waals surface area (Å²) in [5.74, 6) is 1.64. The van der Waals surface area contributed by atoms with Gasteiger partial charge in [-0.3, -0.25) is 9.59 Å². The van der Waals surface area contributed by atoms with Gasteiger partial charge in [0.25, 0.3) is 5.91 Å². The molecule has 8 heteroatoms. The first-order chi connectivity index (χ1) is 12.0. The molecule has 3 rings (SSSR count). The number of likely N-dealkylation sites (tertiary alicyclic amines) is 1. The second kappa shape index (κ2) is 8.86. The first-order valence-electron chi connectivity index (χ1n) is 9.25. The third-order valence-corrected chi connectivity index (χ3v) is 5.22. The largest absolute Gasteiger partial charge is 0.360 e. The average Bonchev–Trinajstić information content (AvgIpc) is 3.35. The predicted molar refractivity (Wildman–Crippen MR) is 100 cm³/mol. The number of amides is 2. The Morgan fingerprint density at radius 3 is 2.54 bits per heavy atom. The van der Waals surface area contributed by atoms with Crippen LogP contribution in [-0.4, -0.2) is 47.5 Å². The Morgan fingerprint density at radius 1 is 1.31 bits per heavy atom. The second-order valence-electron chi connectivity index (χ2n) is 7.64. The number of carbonyl (C=O) groups is 2. The van der Waals surface area contributed by atoms with Gasteiger partial charge >= 0.3 is 0 Å². The van der Waals surface area contributed by atoms with Crippen molar-refractivity contribution in [3.8, 4) is 0 Å². The fourth-order valence-electron chi connectivity index (χ4n) is 3.14. The number of nitrogens with zero attached hydrogens (tertiary/aromatic N) is 2. The topological polar surface area (TPSA) is 101 Å². The maximum Gasteiger partial charge on any atom is 0.273 e. The van der Waals surface area contributed by atoms with E-state index in [0.29, 0.717) is 37.2 Å². The molecule has 1 saturated heterocycles.